The summed E-state index contributed by atoms with van der Waals surface area (Å²) in [5.41, 5.74) is 1.26. The van der Waals surface area contributed by atoms with E-state index in [4.69, 9.17) is 9.47 Å². The highest BCUT2D eigenvalue weighted by atomic mass is 16.5. The molecule has 0 bridgehead atoms. The maximum Gasteiger partial charge on any atom is 0.308 e. The molecule has 2 N–H and O–H groups in total. The van der Waals surface area contributed by atoms with Crippen molar-refractivity contribution in [3.05, 3.63) is 29.8 Å². The van der Waals surface area contributed by atoms with Crippen molar-refractivity contribution in [3.63, 3.8) is 0 Å². The SMILES string of the molecule is COC(=O)C1CCN(C[C@@H](O)COc2ccc(CNC3CCCC3)cc2)CC1. The van der Waals surface area contributed by atoms with Crippen LogP contribution >= 0.6 is 0 Å². The quantitative estimate of drug-likeness (QED) is 0.631. The largest absolute Gasteiger partial charge is 0.491 e. The number of rotatable bonds is 9. The molecule has 6 heteroatoms. The molecule has 0 radical (unpaired) electrons. The lowest BCUT2D eigenvalue weighted by atomic mass is 9.97. The van der Waals surface area contributed by atoms with E-state index in [0.29, 0.717) is 12.6 Å². The summed E-state index contributed by atoms with van der Waals surface area (Å²) in [6, 6.07) is 8.78. The van der Waals surface area contributed by atoms with Gasteiger partial charge in [0.1, 0.15) is 18.5 Å². The molecule has 156 valence electrons. The lowest BCUT2D eigenvalue weighted by Crippen LogP contribution is -2.42. The highest BCUT2D eigenvalue weighted by Gasteiger charge is 2.26. The van der Waals surface area contributed by atoms with Gasteiger partial charge < -0.3 is 24.8 Å². The molecule has 6 nitrogen and oxygen atoms in total. The number of esters is 1. The number of β-amino-alcohol motifs (C(OH)–C–C–N with tert-alkyl or cyclic N) is 1. The Kier molecular flexibility index (Phi) is 8.13. The third kappa shape index (κ3) is 6.47. The van der Waals surface area contributed by atoms with Gasteiger partial charge in [-0.1, -0.05) is 25.0 Å². The van der Waals surface area contributed by atoms with Crippen LogP contribution in [0.3, 0.4) is 0 Å². The highest BCUT2D eigenvalue weighted by Crippen LogP contribution is 2.20. The fourth-order valence-electron chi connectivity index (χ4n) is 4.16. The molecule has 1 aromatic carbocycles. The van der Waals surface area contributed by atoms with Crippen LogP contribution in [0.1, 0.15) is 44.1 Å². The summed E-state index contributed by atoms with van der Waals surface area (Å²) in [4.78, 5) is 13.8. The van der Waals surface area contributed by atoms with Crippen molar-refractivity contribution in [3.8, 4) is 5.75 Å². The first-order valence-corrected chi connectivity index (χ1v) is 10.6. The number of hydrogen-bond acceptors (Lipinski definition) is 6. The van der Waals surface area contributed by atoms with Crippen LogP contribution in [0.25, 0.3) is 0 Å². The molecule has 28 heavy (non-hydrogen) atoms. The molecule has 1 aliphatic heterocycles. The van der Waals surface area contributed by atoms with E-state index in [2.05, 4.69) is 22.3 Å². The number of nitrogens with zero attached hydrogens (tertiary/aromatic N) is 1. The van der Waals surface area contributed by atoms with Gasteiger partial charge in [-0.3, -0.25) is 4.79 Å². The minimum absolute atomic E-state index is 0.00341. The first-order chi connectivity index (χ1) is 13.6. The van der Waals surface area contributed by atoms with Crippen molar-refractivity contribution >= 4 is 5.97 Å². The number of nitrogens with one attached hydrogen (secondary N) is 1. The lowest BCUT2D eigenvalue weighted by molar-refractivity contribution is -0.147. The zero-order valence-electron chi connectivity index (χ0n) is 16.9. The van der Waals surface area contributed by atoms with E-state index in [9.17, 15) is 9.90 Å². The molecule has 2 fully saturated rings. The monoisotopic (exact) mass is 390 g/mol. The normalized spacial score (nSPS) is 20.2. The molecule has 2 aliphatic rings. The summed E-state index contributed by atoms with van der Waals surface area (Å²) in [5, 5.41) is 13.9. The van der Waals surface area contributed by atoms with Gasteiger partial charge in [-0.2, -0.15) is 0 Å². The van der Waals surface area contributed by atoms with Gasteiger partial charge >= 0.3 is 5.97 Å². The Bertz CT molecular complexity index is 593. The third-order valence-electron chi connectivity index (χ3n) is 5.91. The molecule has 1 saturated carbocycles. The molecule has 0 spiro atoms. The van der Waals surface area contributed by atoms with Crippen LogP contribution in [0.5, 0.6) is 5.75 Å². The summed E-state index contributed by atoms with van der Waals surface area (Å²) in [5.74, 6) is 0.662. The molecular weight excluding hydrogens is 356 g/mol. The smallest absolute Gasteiger partial charge is 0.308 e. The fraction of sp³-hybridized carbons (Fsp3) is 0.682. The van der Waals surface area contributed by atoms with Gasteiger partial charge in [0.25, 0.3) is 0 Å². The first kappa shape index (κ1) is 21.1. The Morgan fingerprint density at radius 3 is 2.50 bits per heavy atom. The van der Waals surface area contributed by atoms with Gasteiger partial charge in [0, 0.05) is 19.1 Å². The van der Waals surface area contributed by atoms with Crippen LogP contribution < -0.4 is 10.1 Å². The summed E-state index contributed by atoms with van der Waals surface area (Å²) in [7, 11) is 1.44. The number of carbonyl (C=O) groups is 1. The summed E-state index contributed by atoms with van der Waals surface area (Å²) < 4.78 is 10.6. The molecule has 1 aliphatic carbocycles. The van der Waals surface area contributed by atoms with Crippen molar-refractivity contribution in [2.75, 3.05) is 33.4 Å². The van der Waals surface area contributed by atoms with Gasteiger partial charge in [-0.25, -0.2) is 0 Å². The van der Waals surface area contributed by atoms with Gasteiger partial charge in [-0.05, 0) is 56.5 Å². The molecule has 1 atom stereocenters. The van der Waals surface area contributed by atoms with Crippen LogP contribution in [0, 0.1) is 5.92 Å². The number of hydrogen-bond donors (Lipinski definition) is 2. The van der Waals surface area contributed by atoms with E-state index < -0.39 is 6.10 Å². The average Bonchev–Trinajstić information content (AvgIpc) is 3.25. The lowest BCUT2D eigenvalue weighted by Gasteiger charge is -2.31. The number of likely N-dealkylation sites (tertiary alicyclic amines) is 1. The molecule has 0 amide bonds. The topological polar surface area (TPSA) is 71.0 Å². The van der Waals surface area contributed by atoms with E-state index in [0.717, 1.165) is 38.2 Å². The van der Waals surface area contributed by atoms with E-state index in [-0.39, 0.29) is 18.5 Å². The molecule has 1 saturated heterocycles. The summed E-state index contributed by atoms with van der Waals surface area (Å²) >= 11 is 0. The van der Waals surface area contributed by atoms with Crippen LogP contribution in [-0.2, 0) is 16.1 Å². The number of aliphatic hydroxyl groups excluding tert-OH is 1. The molecule has 0 aromatic heterocycles. The standard InChI is InChI=1S/C22H34N2O4/c1-27-22(26)18-10-12-24(13-11-18)15-20(25)16-28-21-8-6-17(7-9-21)14-23-19-4-2-3-5-19/h6-9,18-20,23,25H,2-5,10-16H2,1H3/t20-/m1/s1. The number of aliphatic hydroxyl groups is 1. The molecule has 1 aromatic rings. The number of carbonyl (C=O) groups excluding carboxylic acids is 1. The van der Waals surface area contributed by atoms with Crippen molar-refractivity contribution in [2.45, 2.75) is 57.2 Å². The van der Waals surface area contributed by atoms with Crippen LogP contribution in [0.15, 0.2) is 24.3 Å². The van der Waals surface area contributed by atoms with Crippen LogP contribution in [0.2, 0.25) is 0 Å². The average molecular weight is 391 g/mol. The second-order valence-electron chi connectivity index (χ2n) is 8.07. The Morgan fingerprint density at radius 1 is 1.18 bits per heavy atom. The first-order valence-electron chi connectivity index (χ1n) is 10.6. The predicted molar refractivity (Wildman–Crippen MR) is 108 cm³/mol. The molecule has 1 heterocycles. The Morgan fingerprint density at radius 2 is 1.86 bits per heavy atom. The van der Waals surface area contributed by atoms with Crippen molar-refractivity contribution in [1.82, 2.24) is 10.2 Å². The number of benzene rings is 1. The van der Waals surface area contributed by atoms with Crippen LogP contribution in [0.4, 0.5) is 0 Å². The van der Waals surface area contributed by atoms with E-state index in [1.807, 2.05) is 12.1 Å². The van der Waals surface area contributed by atoms with Gasteiger partial charge in [0.05, 0.1) is 13.0 Å². The van der Waals surface area contributed by atoms with Crippen molar-refractivity contribution < 1.29 is 19.4 Å². The Labute approximate surface area is 168 Å². The number of ether oxygens (including phenoxy) is 2. The minimum atomic E-state index is -0.543. The van der Waals surface area contributed by atoms with E-state index >= 15 is 0 Å². The molecule has 0 unspecified atom stereocenters. The maximum atomic E-state index is 11.6. The maximum absolute atomic E-state index is 11.6. The van der Waals surface area contributed by atoms with Crippen molar-refractivity contribution in [1.29, 1.82) is 0 Å². The van der Waals surface area contributed by atoms with Crippen LogP contribution in [-0.4, -0.2) is 61.5 Å². The van der Waals surface area contributed by atoms with Gasteiger partial charge in [0.2, 0.25) is 0 Å². The van der Waals surface area contributed by atoms with Gasteiger partial charge in [0.15, 0.2) is 0 Å². The highest BCUT2D eigenvalue weighted by molar-refractivity contribution is 5.72. The Hall–Kier alpha value is -1.63. The van der Waals surface area contributed by atoms with Crippen molar-refractivity contribution in [2.24, 2.45) is 5.92 Å². The summed E-state index contributed by atoms with van der Waals surface area (Å²) in [6.45, 7) is 3.35. The molecular formula is C22H34N2O4. The molecule has 3 rings (SSSR count). The summed E-state index contributed by atoms with van der Waals surface area (Å²) in [6.07, 6.45) is 6.30. The Balaban J connectivity index is 1.33. The second kappa shape index (κ2) is 10.8. The van der Waals surface area contributed by atoms with E-state index in [1.165, 1.54) is 38.4 Å². The number of piperidine rings is 1. The van der Waals surface area contributed by atoms with Gasteiger partial charge in [-0.15, -0.1) is 0 Å². The second-order valence-corrected chi connectivity index (χ2v) is 8.07. The predicted octanol–water partition coefficient (Wildman–Crippen LogP) is 2.34. The zero-order chi connectivity index (χ0) is 19.8. The third-order valence-corrected chi connectivity index (χ3v) is 5.91. The fourth-order valence-corrected chi connectivity index (χ4v) is 4.16. The van der Waals surface area contributed by atoms with E-state index in [1.54, 1.807) is 0 Å². The zero-order valence-corrected chi connectivity index (χ0v) is 16.9. The minimum Gasteiger partial charge on any atom is -0.491 e. The number of methoxy groups -OCH3 is 1.